The van der Waals surface area contributed by atoms with E-state index in [4.69, 9.17) is 11.6 Å². The number of hydrogen-bond acceptors (Lipinski definition) is 2. The van der Waals surface area contributed by atoms with Gasteiger partial charge in [0, 0.05) is 37.2 Å². The second kappa shape index (κ2) is 9.22. The van der Waals surface area contributed by atoms with Crippen molar-refractivity contribution in [1.82, 2.24) is 10.2 Å². The number of rotatable bonds is 3. The minimum absolute atomic E-state index is 0. The zero-order chi connectivity index (χ0) is 13.1. The number of piperazine rings is 1. The Balaban J connectivity index is 0.00000110. The molecule has 1 aliphatic heterocycles. The normalized spacial score (nSPS) is 21.4. The topological polar surface area (TPSA) is 15.3 Å². The van der Waals surface area contributed by atoms with Gasteiger partial charge >= 0.3 is 0 Å². The van der Waals surface area contributed by atoms with Gasteiger partial charge in [0.2, 0.25) is 0 Å². The van der Waals surface area contributed by atoms with Crippen LogP contribution in [0.3, 0.4) is 0 Å². The molecule has 1 aliphatic carbocycles. The quantitative estimate of drug-likeness (QED) is 0.872. The van der Waals surface area contributed by atoms with Crippen LogP contribution in [-0.4, -0.2) is 31.1 Å². The number of halogens is 3. The van der Waals surface area contributed by atoms with Gasteiger partial charge in [-0.3, -0.25) is 4.90 Å². The van der Waals surface area contributed by atoms with E-state index in [9.17, 15) is 0 Å². The van der Waals surface area contributed by atoms with Crippen LogP contribution in [0.2, 0.25) is 5.02 Å². The summed E-state index contributed by atoms with van der Waals surface area (Å²) in [5, 5.41) is 4.33. The summed E-state index contributed by atoms with van der Waals surface area (Å²) in [4.78, 5) is 2.66. The Morgan fingerprint density at radius 2 is 1.76 bits per heavy atom. The molecular formula is C16H25Cl3N2. The van der Waals surface area contributed by atoms with Gasteiger partial charge in [0.25, 0.3) is 0 Å². The molecule has 0 unspecified atom stereocenters. The van der Waals surface area contributed by atoms with Gasteiger partial charge in [-0.05, 0) is 36.5 Å². The van der Waals surface area contributed by atoms with E-state index in [-0.39, 0.29) is 24.8 Å². The molecular weight excluding hydrogens is 327 g/mol. The number of benzene rings is 1. The van der Waals surface area contributed by atoms with Crippen molar-refractivity contribution in [3.63, 3.8) is 0 Å². The van der Waals surface area contributed by atoms with Crippen LogP contribution < -0.4 is 5.32 Å². The molecule has 1 saturated carbocycles. The fourth-order valence-electron chi connectivity index (χ4n) is 3.71. The van der Waals surface area contributed by atoms with Gasteiger partial charge in [0.1, 0.15) is 0 Å². The van der Waals surface area contributed by atoms with E-state index in [1.54, 1.807) is 0 Å². The molecule has 0 spiro atoms. The monoisotopic (exact) mass is 350 g/mol. The third kappa shape index (κ3) is 4.74. The largest absolute Gasteiger partial charge is 0.314 e. The van der Waals surface area contributed by atoms with Crippen molar-refractivity contribution < 1.29 is 0 Å². The molecule has 3 rings (SSSR count). The second-order valence-electron chi connectivity index (χ2n) is 5.83. The lowest BCUT2D eigenvalue weighted by atomic mass is 9.90. The second-order valence-corrected chi connectivity index (χ2v) is 6.27. The molecule has 2 aliphatic rings. The Labute approximate surface area is 145 Å². The van der Waals surface area contributed by atoms with Gasteiger partial charge in [-0.2, -0.15) is 0 Å². The lowest BCUT2D eigenvalue weighted by Gasteiger charge is -2.38. The molecule has 2 fully saturated rings. The Hall–Kier alpha value is 0.01000. The third-order valence-corrected chi connectivity index (χ3v) is 4.82. The Morgan fingerprint density at radius 1 is 1.10 bits per heavy atom. The van der Waals surface area contributed by atoms with Crippen molar-refractivity contribution in [3.05, 3.63) is 34.9 Å². The van der Waals surface area contributed by atoms with E-state index in [2.05, 4.69) is 28.4 Å². The molecule has 0 radical (unpaired) electrons. The molecule has 2 nitrogen and oxygen atoms in total. The summed E-state index contributed by atoms with van der Waals surface area (Å²) >= 11 is 6.20. The maximum atomic E-state index is 6.20. The maximum Gasteiger partial charge on any atom is 0.0409 e. The maximum absolute atomic E-state index is 6.20. The molecule has 120 valence electrons. The Kier molecular flexibility index (Phi) is 8.36. The van der Waals surface area contributed by atoms with E-state index in [0.29, 0.717) is 6.04 Å². The van der Waals surface area contributed by atoms with Crippen LogP contribution in [0.4, 0.5) is 0 Å². The SMILES string of the molecule is Cl.Cl.Clc1cccc([C@@H](C2CCCC2)N2CCNCC2)c1. The van der Waals surface area contributed by atoms with Crippen LogP contribution in [0, 0.1) is 5.92 Å². The van der Waals surface area contributed by atoms with Crippen LogP contribution in [0.15, 0.2) is 24.3 Å². The highest BCUT2D eigenvalue weighted by molar-refractivity contribution is 6.30. The predicted molar refractivity (Wildman–Crippen MR) is 95.1 cm³/mol. The summed E-state index contributed by atoms with van der Waals surface area (Å²) in [6.45, 7) is 4.55. The van der Waals surface area contributed by atoms with Crippen LogP contribution in [0.5, 0.6) is 0 Å². The molecule has 1 heterocycles. The molecule has 1 N–H and O–H groups in total. The zero-order valence-corrected chi connectivity index (χ0v) is 14.7. The molecule has 1 aromatic carbocycles. The minimum Gasteiger partial charge on any atom is -0.314 e. The number of hydrogen-bond donors (Lipinski definition) is 1. The standard InChI is InChI=1S/C16H23ClN2.2ClH/c17-15-7-3-6-14(12-15)16(13-4-1-2-5-13)19-10-8-18-9-11-19;;/h3,6-7,12-13,16,18H,1-2,4-5,8-11H2;2*1H/t16-;;/m1../s1. The van der Waals surface area contributed by atoms with Crippen molar-refractivity contribution in [2.45, 2.75) is 31.7 Å². The first kappa shape index (κ1) is 19.1. The van der Waals surface area contributed by atoms with Gasteiger partial charge < -0.3 is 5.32 Å². The van der Waals surface area contributed by atoms with Crippen molar-refractivity contribution >= 4 is 36.4 Å². The van der Waals surface area contributed by atoms with E-state index in [0.717, 1.165) is 37.1 Å². The molecule has 21 heavy (non-hydrogen) atoms. The molecule has 5 heteroatoms. The first-order chi connectivity index (χ1) is 9.34. The van der Waals surface area contributed by atoms with Crippen LogP contribution in [0.1, 0.15) is 37.3 Å². The van der Waals surface area contributed by atoms with Crippen LogP contribution in [-0.2, 0) is 0 Å². The van der Waals surface area contributed by atoms with E-state index < -0.39 is 0 Å². The van der Waals surface area contributed by atoms with E-state index >= 15 is 0 Å². The molecule has 1 saturated heterocycles. The van der Waals surface area contributed by atoms with Gasteiger partial charge in [0.15, 0.2) is 0 Å². The van der Waals surface area contributed by atoms with Gasteiger partial charge in [-0.1, -0.05) is 36.6 Å². The molecule has 0 aromatic heterocycles. The number of nitrogens with one attached hydrogen (secondary N) is 1. The van der Waals surface area contributed by atoms with Gasteiger partial charge in [-0.15, -0.1) is 24.8 Å². The highest BCUT2D eigenvalue weighted by atomic mass is 35.5. The van der Waals surface area contributed by atoms with Crippen LogP contribution in [0.25, 0.3) is 0 Å². The molecule has 0 bridgehead atoms. The molecule has 0 amide bonds. The third-order valence-electron chi connectivity index (χ3n) is 4.58. The smallest absolute Gasteiger partial charge is 0.0409 e. The zero-order valence-electron chi connectivity index (χ0n) is 12.3. The average molecular weight is 352 g/mol. The van der Waals surface area contributed by atoms with Crippen molar-refractivity contribution in [1.29, 1.82) is 0 Å². The lowest BCUT2D eigenvalue weighted by Crippen LogP contribution is -2.46. The highest BCUT2D eigenvalue weighted by Crippen LogP contribution is 2.40. The summed E-state index contributed by atoms with van der Waals surface area (Å²) in [6, 6.07) is 9.09. The van der Waals surface area contributed by atoms with E-state index in [1.165, 1.54) is 31.2 Å². The molecule has 1 aromatic rings. The van der Waals surface area contributed by atoms with Crippen molar-refractivity contribution in [3.8, 4) is 0 Å². The highest BCUT2D eigenvalue weighted by Gasteiger charge is 2.31. The Bertz CT molecular complexity index is 416. The van der Waals surface area contributed by atoms with E-state index in [1.807, 2.05) is 6.07 Å². The minimum atomic E-state index is 0. The van der Waals surface area contributed by atoms with Gasteiger partial charge in [-0.25, -0.2) is 0 Å². The van der Waals surface area contributed by atoms with Crippen molar-refractivity contribution in [2.24, 2.45) is 5.92 Å². The average Bonchev–Trinajstić information content (AvgIpc) is 2.94. The first-order valence-corrected chi connectivity index (χ1v) is 7.92. The summed E-state index contributed by atoms with van der Waals surface area (Å²) < 4.78 is 0. The fourth-order valence-corrected chi connectivity index (χ4v) is 3.90. The first-order valence-electron chi connectivity index (χ1n) is 7.55. The molecule has 1 atom stereocenters. The fraction of sp³-hybridized carbons (Fsp3) is 0.625. The van der Waals surface area contributed by atoms with Crippen molar-refractivity contribution in [2.75, 3.05) is 26.2 Å². The predicted octanol–water partition coefficient (Wildman–Crippen LogP) is 4.32. The van der Waals surface area contributed by atoms with Crippen LogP contribution >= 0.6 is 36.4 Å². The lowest BCUT2D eigenvalue weighted by molar-refractivity contribution is 0.125. The Morgan fingerprint density at radius 3 is 2.38 bits per heavy atom. The number of nitrogens with zero attached hydrogens (tertiary/aromatic N) is 1. The summed E-state index contributed by atoms with van der Waals surface area (Å²) in [5.74, 6) is 0.816. The van der Waals surface area contributed by atoms with Gasteiger partial charge in [0.05, 0.1) is 0 Å². The summed E-state index contributed by atoms with van der Waals surface area (Å²) in [7, 11) is 0. The summed E-state index contributed by atoms with van der Waals surface area (Å²) in [5.41, 5.74) is 1.42. The summed E-state index contributed by atoms with van der Waals surface area (Å²) in [6.07, 6.45) is 5.55.